The molecule has 98 valence electrons. The summed E-state index contributed by atoms with van der Waals surface area (Å²) in [6.45, 7) is 1.81. The lowest BCUT2D eigenvalue weighted by Crippen LogP contribution is -2.21. The Labute approximate surface area is 107 Å². The minimum atomic E-state index is -0.307. The van der Waals surface area contributed by atoms with Gasteiger partial charge in [0.25, 0.3) is 0 Å². The van der Waals surface area contributed by atoms with Crippen LogP contribution in [0.3, 0.4) is 0 Å². The van der Waals surface area contributed by atoms with Crippen LogP contribution in [0.2, 0.25) is 0 Å². The van der Waals surface area contributed by atoms with E-state index >= 15 is 0 Å². The van der Waals surface area contributed by atoms with Crippen molar-refractivity contribution in [1.82, 2.24) is 0 Å². The van der Waals surface area contributed by atoms with E-state index in [1.54, 1.807) is 12.1 Å². The quantitative estimate of drug-likeness (QED) is 0.623. The van der Waals surface area contributed by atoms with Gasteiger partial charge in [0.1, 0.15) is 6.10 Å². The maximum Gasteiger partial charge on any atom is 0.338 e. The number of hydrogen-bond acceptors (Lipinski definition) is 4. The van der Waals surface area contributed by atoms with E-state index in [4.69, 9.17) is 16.2 Å². The number of carbonyl (C=O) groups is 1. The number of ether oxygens (including phenoxy) is 1. The summed E-state index contributed by atoms with van der Waals surface area (Å²) in [5.41, 5.74) is 13.8. The van der Waals surface area contributed by atoms with Crippen LogP contribution in [0.15, 0.2) is 12.1 Å². The third kappa shape index (κ3) is 2.75. The molecular weight excluding hydrogens is 228 g/mol. The molecule has 4 heteroatoms. The highest BCUT2D eigenvalue weighted by molar-refractivity contribution is 5.94. The maximum atomic E-state index is 12.1. The van der Waals surface area contributed by atoms with E-state index < -0.39 is 0 Å². The number of anilines is 2. The molecule has 4 N–H and O–H groups in total. The van der Waals surface area contributed by atoms with Gasteiger partial charge in [-0.3, -0.25) is 0 Å². The Morgan fingerprint density at radius 3 is 2.56 bits per heavy atom. The summed E-state index contributed by atoms with van der Waals surface area (Å²) in [6, 6.07) is 3.30. The minimum Gasteiger partial charge on any atom is -0.459 e. The van der Waals surface area contributed by atoms with Gasteiger partial charge in [0, 0.05) is 11.4 Å². The number of rotatable bonds is 2. The first-order chi connectivity index (χ1) is 8.58. The summed E-state index contributed by atoms with van der Waals surface area (Å²) in [5, 5.41) is 0. The lowest BCUT2D eigenvalue weighted by molar-refractivity contribution is 0.0210. The average Bonchev–Trinajstić information content (AvgIpc) is 2.35. The van der Waals surface area contributed by atoms with E-state index in [1.165, 1.54) is 6.42 Å². The van der Waals surface area contributed by atoms with Crippen LogP contribution >= 0.6 is 0 Å². The zero-order valence-electron chi connectivity index (χ0n) is 10.7. The second-order valence-electron chi connectivity index (χ2n) is 4.95. The Kier molecular flexibility index (Phi) is 3.75. The van der Waals surface area contributed by atoms with Gasteiger partial charge in [-0.1, -0.05) is 6.42 Å². The number of benzene rings is 1. The molecule has 1 aromatic carbocycles. The van der Waals surface area contributed by atoms with Crippen molar-refractivity contribution in [3.8, 4) is 0 Å². The summed E-state index contributed by atoms with van der Waals surface area (Å²) < 4.78 is 5.52. The number of hydrogen-bond donors (Lipinski definition) is 2. The first-order valence-corrected chi connectivity index (χ1v) is 6.44. The van der Waals surface area contributed by atoms with Crippen LogP contribution in [-0.4, -0.2) is 12.1 Å². The highest BCUT2D eigenvalue weighted by Gasteiger charge is 2.20. The van der Waals surface area contributed by atoms with Crippen molar-refractivity contribution in [3.05, 3.63) is 23.3 Å². The molecule has 0 unspecified atom stereocenters. The smallest absolute Gasteiger partial charge is 0.338 e. The molecule has 0 bridgehead atoms. The summed E-state index contributed by atoms with van der Waals surface area (Å²) in [5.74, 6) is -0.307. The average molecular weight is 248 g/mol. The molecule has 1 aromatic rings. The van der Waals surface area contributed by atoms with Crippen LogP contribution in [0.4, 0.5) is 11.4 Å². The number of nitrogen functional groups attached to an aromatic ring is 2. The van der Waals surface area contributed by atoms with E-state index in [0.717, 1.165) is 31.2 Å². The van der Waals surface area contributed by atoms with E-state index in [0.29, 0.717) is 16.9 Å². The Morgan fingerprint density at radius 2 is 1.89 bits per heavy atom. The Bertz CT molecular complexity index is 451. The van der Waals surface area contributed by atoms with Crippen molar-refractivity contribution in [2.45, 2.75) is 45.1 Å². The van der Waals surface area contributed by atoms with Crippen molar-refractivity contribution >= 4 is 17.3 Å². The molecule has 4 nitrogen and oxygen atoms in total. The number of carbonyl (C=O) groups excluding carboxylic acids is 1. The van der Waals surface area contributed by atoms with Gasteiger partial charge in [-0.2, -0.15) is 0 Å². The molecule has 1 aliphatic carbocycles. The van der Waals surface area contributed by atoms with Gasteiger partial charge in [0.05, 0.1) is 5.56 Å². The fourth-order valence-electron chi connectivity index (χ4n) is 2.37. The standard InChI is InChI=1S/C14H20N2O2/c1-9-12(7-10(15)8-13(9)16)14(17)18-11-5-3-2-4-6-11/h7-8,11H,2-6,15-16H2,1H3. The van der Waals surface area contributed by atoms with E-state index in [9.17, 15) is 4.79 Å². The topological polar surface area (TPSA) is 78.3 Å². The lowest BCUT2D eigenvalue weighted by atomic mass is 9.97. The molecular formula is C14H20N2O2. The van der Waals surface area contributed by atoms with Gasteiger partial charge in [-0.15, -0.1) is 0 Å². The molecule has 0 aliphatic heterocycles. The largest absolute Gasteiger partial charge is 0.459 e. The minimum absolute atomic E-state index is 0.0494. The third-order valence-corrected chi connectivity index (χ3v) is 3.52. The number of nitrogens with two attached hydrogens (primary N) is 2. The van der Waals surface area contributed by atoms with E-state index in [1.807, 2.05) is 6.92 Å². The molecule has 1 fully saturated rings. The molecule has 0 heterocycles. The van der Waals surface area contributed by atoms with Crippen LogP contribution in [0.5, 0.6) is 0 Å². The molecule has 1 aliphatic rings. The van der Waals surface area contributed by atoms with Crippen LogP contribution in [0.25, 0.3) is 0 Å². The van der Waals surface area contributed by atoms with Crippen molar-refractivity contribution in [2.75, 3.05) is 11.5 Å². The first-order valence-electron chi connectivity index (χ1n) is 6.44. The lowest BCUT2D eigenvalue weighted by Gasteiger charge is -2.22. The predicted molar refractivity (Wildman–Crippen MR) is 72.3 cm³/mol. The van der Waals surface area contributed by atoms with Gasteiger partial charge >= 0.3 is 5.97 Å². The van der Waals surface area contributed by atoms with Gasteiger partial charge in [-0.25, -0.2) is 4.79 Å². The zero-order chi connectivity index (χ0) is 13.1. The van der Waals surface area contributed by atoms with Gasteiger partial charge in [0.2, 0.25) is 0 Å². The van der Waals surface area contributed by atoms with Gasteiger partial charge in [-0.05, 0) is 50.3 Å². The van der Waals surface area contributed by atoms with Crippen molar-refractivity contribution in [3.63, 3.8) is 0 Å². The van der Waals surface area contributed by atoms with Gasteiger partial charge < -0.3 is 16.2 Å². The second-order valence-corrected chi connectivity index (χ2v) is 4.95. The van der Waals surface area contributed by atoms with E-state index in [2.05, 4.69) is 0 Å². The Balaban J connectivity index is 2.13. The predicted octanol–water partition coefficient (Wildman–Crippen LogP) is 2.65. The molecule has 1 saturated carbocycles. The molecule has 0 spiro atoms. The van der Waals surface area contributed by atoms with Crippen LogP contribution in [0.1, 0.15) is 48.0 Å². The third-order valence-electron chi connectivity index (χ3n) is 3.52. The summed E-state index contributed by atoms with van der Waals surface area (Å²) in [7, 11) is 0. The molecule has 18 heavy (non-hydrogen) atoms. The van der Waals surface area contributed by atoms with Crippen molar-refractivity contribution < 1.29 is 9.53 Å². The fraction of sp³-hybridized carbons (Fsp3) is 0.500. The van der Waals surface area contributed by atoms with Crippen LogP contribution in [0, 0.1) is 6.92 Å². The first kappa shape index (κ1) is 12.7. The summed E-state index contributed by atoms with van der Waals surface area (Å²) >= 11 is 0. The van der Waals surface area contributed by atoms with E-state index in [-0.39, 0.29) is 12.1 Å². The summed E-state index contributed by atoms with van der Waals surface area (Å²) in [6.07, 6.45) is 5.48. The zero-order valence-corrected chi connectivity index (χ0v) is 10.7. The van der Waals surface area contributed by atoms with Crippen molar-refractivity contribution in [1.29, 1.82) is 0 Å². The fourth-order valence-corrected chi connectivity index (χ4v) is 2.37. The highest BCUT2D eigenvalue weighted by atomic mass is 16.5. The molecule has 0 aromatic heterocycles. The van der Waals surface area contributed by atoms with Gasteiger partial charge in [0.15, 0.2) is 0 Å². The molecule has 2 rings (SSSR count). The molecule has 0 radical (unpaired) electrons. The molecule has 0 saturated heterocycles. The molecule has 0 atom stereocenters. The normalized spacial score (nSPS) is 16.5. The monoisotopic (exact) mass is 248 g/mol. The second kappa shape index (κ2) is 5.29. The van der Waals surface area contributed by atoms with Crippen LogP contribution in [-0.2, 0) is 4.74 Å². The van der Waals surface area contributed by atoms with Crippen molar-refractivity contribution in [2.24, 2.45) is 0 Å². The molecule has 0 amide bonds. The SMILES string of the molecule is Cc1c(N)cc(N)cc1C(=O)OC1CCCCC1. The van der Waals surface area contributed by atoms with Crippen LogP contribution < -0.4 is 11.5 Å². The Hall–Kier alpha value is -1.71. The Morgan fingerprint density at radius 1 is 1.22 bits per heavy atom. The highest BCUT2D eigenvalue weighted by Crippen LogP contribution is 2.25. The summed E-state index contributed by atoms with van der Waals surface area (Å²) in [4.78, 5) is 12.1. The number of esters is 1. The maximum absolute atomic E-state index is 12.1.